The van der Waals surface area contributed by atoms with Crippen molar-refractivity contribution in [2.45, 2.75) is 45.6 Å². The van der Waals surface area contributed by atoms with Gasteiger partial charge in [-0.15, -0.1) is 11.3 Å². The number of alkyl halides is 1. The second-order valence-electron chi connectivity index (χ2n) is 4.98. The van der Waals surface area contributed by atoms with Gasteiger partial charge in [-0.2, -0.15) is 0 Å². The van der Waals surface area contributed by atoms with E-state index < -0.39 is 0 Å². The predicted octanol–water partition coefficient (Wildman–Crippen LogP) is 4.14. The zero-order valence-electron chi connectivity index (χ0n) is 11.0. The molecule has 0 spiro atoms. The van der Waals surface area contributed by atoms with E-state index in [1.165, 1.54) is 29.7 Å². The standard InChI is InChI=1S/C14H20BrNOS/c1-10-9-13(18-11(10)2)14(17)16(8-4-7-15)12-5-3-6-12/h9,12H,3-8H2,1-2H3. The highest BCUT2D eigenvalue weighted by atomic mass is 79.9. The van der Waals surface area contributed by atoms with Crippen molar-refractivity contribution in [3.05, 3.63) is 21.4 Å². The molecule has 1 heterocycles. The second-order valence-corrected chi connectivity index (χ2v) is 7.02. The first-order valence-corrected chi connectivity index (χ1v) is 8.51. The lowest BCUT2D eigenvalue weighted by molar-refractivity contribution is 0.0586. The quantitative estimate of drug-likeness (QED) is 0.743. The van der Waals surface area contributed by atoms with Gasteiger partial charge in [-0.05, 0) is 51.2 Å². The van der Waals surface area contributed by atoms with Gasteiger partial charge in [0.15, 0.2) is 0 Å². The Morgan fingerprint density at radius 3 is 2.67 bits per heavy atom. The van der Waals surface area contributed by atoms with Crippen molar-refractivity contribution in [2.75, 3.05) is 11.9 Å². The van der Waals surface area contributed by atoms with Gasteiger partial charge in [0.05, 0.1) is 4.88 Å². The molecule has 2 rings (SSSR count). The fourth-order valence-corrected chi connectivity index (χ4v) is 3.44. The summed E-state index contributed by atoms with van der Waals surface area (Å²) in [7, 11) is 0. The van der Waals surface area contributed by atoms with Crippen LogP contribution in [0.1, 0.15) is 45.8 Å². The van der Waals surface area contributed by atoms with Crippen LogP contribution in [-0.4, -0.2) is 28.7 Å². The Labute approximate surface area is 122 Å². The van der Waals surface area contributed by atoms with E-state index in [-0.39, 0.29) is 5.91 Å². The predicted molar refractivity (Wildman–Crippen MR) is 80.9 cm³/mol. The number of carbonyl (C=O) groups is 1. The van der Waals surface area contributed by atoms with Crippen molar-refractivity contribution < 1.29 is 4.79 Å². The third-order valence-electron chi connectivity index (χ3n) is 3.69. The molecule has 4 heteroatoms. The number of hydrogen-bond acceptors (Lipinski definition) is 2. The fourth-order valence-electron chi connectivity index (χ4n) is 2.20. The summed E-state index contributed by atoms with van der Waals surface area (Å²) >= 11 is 5.09. The fraction of sp³-hybridized carbons (Fsp3) is 0.643. The summed E-state index contributed by atoms with van der Waals surface area (Å²) in [6.07, 6.45) is 4.66. The number of halogens is 1. The normalized spacial score (nSPS) is 15.5. The molecule has 0 radical (unpaired) electrons. The Hall–Kier alpha value is -0.350. The highest BCUT2D eigenvalue weighted by molar-refractivity contribution is 9.09. The summed E-state index contributed by atoms with van der Waals surface area (Å²) in [6.45, 7) is 5.04. The maximum absolute atomic E-state index is 12.6. The molecule has 0 saturated heterocycles. The third-order valence-corrected chi connectivity index (χ3v) is 5.39. The lowest BCUT2D eigenvalue weighted by Gasteiger charge is -2.37. The van der Waals surface area contributed by atoms with E-state index in [4.69, 9.17) is 0 Å². The molecule has 100 valence electrons. The van der Waals surface area contributed by atoms with Gasteiger partial charge in [0.2, 0.25) is 0 Å². The van der Waals surface area contributed by atoms with Crippen molar-refractivity contribution in [1.82, 2.24) is 4.90 Å². The summed E-state index contributed by atoms with van der Waals surface area (Å²) in [5.41, 5.74) is 1.23. The Kier molecular flexibility index (Phi) is 4.84. The molecule has 0 aromatic carbocycles. The molecule has 1 aromatic heterocycles. The Balaban J connectivity index is 2.11. The lowest BCUT2D eigenvalue weighted by Crippen LogP contribution is -2.44. The highest BCUT2D eigenvalue weighted by Crippen LogP contribution is 2.29. The molecular weight excluding hydrogens is 310 g/mol. The Morgan fingerprint density at radius 2 is 2.22 bits per heavy atom. The van der Waals surface area contributed by atoms with Crippen molar-refractivity contribution >= 4 is 33.2 Å². The SMILES string of the molecule is Cc1cc(C(=O)N(CCCBr)C2CCC2)sc1C. The van der Waals surface area contributed by atoms with Gasteiger partial charge in [0.1, 0.15) is 0 Å². The van der Waals surface area contributed by atoms with Gasteiger partial charge in [-0.25, -0.2) is 0 Å². The minimum atomic E-state index is 0.238. The number of thiophene rings is 1. The number of nitrogens with zero attached hydrogens (tertiary/aromatic N) is 1. The lowest BCUT2D eigenvalue weighted by atomic mass is 9.91. The van der Waals surface area contributed by atoms with Crippen LogP contribution < -0.4 is 0 Å². The summed E-state index contributed by atoms with van der Waals surface area (Å²) in [4.78, 5) is 16.8. The molecule has 0 N–H and O–H groups in total. The van der Waals surface area contributed by atoms with E-state index in [0.717, 1.165) is 23.2 Å². The van der Waals surface area contributed by atoms with E-state index in [2.05, 4.69) is 34.7 Å². The molecule has 0 atom stereocenters. The van der Waals surface area contributed by atoms with Crippen molar-refractivity contribution in [2.24, 2.45) is 0 Å². The maximum atomic E-state index is 12.6. The molecule has 18 heavy (non-hydrogen) atoms. The smallest absolute Gasteiger partial charge is 0.264 e. The number of carbonyl (C=O) groups excluding carboxylic acids is 1. The first-order valence-electron chi connectivity index (χ1n) is 6.57. The number of amides is 1. The molecule has 0 unspecified atom stereocenters. The molecule has 0 aliphatic heterocycles. The van der Waals surface area contributed by atoms with Crippen LogP contribution >= 0.6 is 27.3 Å². The van der Waals surface area contributed by atoms with Crippen LogP contribution in [0, 0.1) is 13.8 Å². The van der Waals surface area contributed by atoms with E-state index in [9.17, 15) is 4.79 Å². The largest absolute Gasteiger partial charge is 0.335 e. The van der Waals surface area contributed by atoms with Gasteiger partial charge in [0.25, 0.3) is 5.91 Å². The zero-order valence-corrected chi connectivity index (χ0v) is 13.4. The summed E-state index contributed by atoms with van der Waals surface area (Å²) in [5.74, 6) is 0.238. The molecule has 1 aromatic rings. The Bertz CT molecular complexity index is 406. The Morgan fingerprint density at radius 1 is 1.50 bits per heavy atom. The molecule has 1 aliphatic rings. The number of rotatable bonds is 5. The first kappa shape index (κ1) is 14.1. The number of aryl methyl sites for hydroxylation is 2. The summed E-state index contributed by atoms with van der Waals surface area (Å²) in [5, 5.41) is 0.964. The van der Waals surface area contributed by atoms with Gasteiger partial charge < -0.3 is 4.90 Å². The maximum Gasteiger partial charge on any atom is 0.264 e. The van der Waals surface area contributed by atoms with Gasteiger partial charge >= 0.3 is 0 Å². The first-order chi connectivity index (χ1) is 8.63. The van der Waals surface area contributed by atoms with Crippen LogP contribution in [0.3, 0.4) is 0 Å². The van der Waals surface area contributed by atoms with Crippen molar-refractivity contribution in [3.63, 3.8) is 0 Å². The molecule has 1 fully saturated rings. The van der Waals surface area contributed by atoms with E-state index in [1.54, 1.807) is 11.3 Å². The van der Waals surface area contributed by atoms with Gasteiger partial charge in [0, 0.05) is 22.8 Å². The average molecular weight is 330 g/mol. The van der Waals surface area contributed by atoms with Crippen LogP contribution in [0.4, 0.5) is 0 Å². The molecule has 1 aliphatic carbocycles. The van der Waals surface area contributed by atoms with Gasteiger partial charge in [-0.3, -0.25) is 4.79 Å². The third kappa shape index (κ3) is 2.97. The van der Waals surface area contributed by atoms with Crippen molar-refractivity contribution in [1.29, 1.82) is 0 Å². The van der Waals surface area contributed by atoms with Crippen LogP contribution in [0.2, 0.25) is 0 Å². The molecule has 1 saturated carbocycles. The molecular formula is C14H20BrNOS. The summed E-state index contributed by atoms with van der Waals surface area (Å²) in [6, 6.07) is 2.53. The minimum absolute atomic E-state index is 0.238. The second kappa shape index (κ2) is 6.20. The highest BCUT2D eigenvalue weighted by Gasteiger charge is 2.29. The topological polar surface area (TPSA) is 20.3 Å². The minimum Gasteiger partial charge on any atom is -0.335 e. The molecule has 1 amide bonds. The van der Waals surface area contributed by atoms with E-state index >= 15 is 0 Å². The van der Waals surface area contributed by atoms with Crippen LogP contribution in [0.15, 0.2) is 6.07 Å². The van der Waals surface area contributed by atoms with Crippen LogP contribution in [-0.2, 0) is 0 Å². The molecule has 2 nitrogen and oxygen atoms in total. The average Bonchev–Trinajstić information content (AvgIpc) is 2.61. The van der Waals surface area contributed by atoms with Crippen LogP contribution in [0.5, 0.6) is 0 Å². The van der Waals surface area contributed by atoms with E-state index in [0.29, 0.717) is 6.04 Å². The zero-order chi connectivity index (χ0) is 13.1. The van der Waals surface area contributed by atoms with Crippen LogP contribution in [0.25, 0.3) is 0 Å². The monoisotopic (exact) mass is 329 g/mol. The number of hydrogen-bond donors (Lipinski definition) is 0. The molecule has 0 bridgehead atoms. The summed E-state index contributed by atoms with van der Waals surface area (Å²) < 4.78 is 0. The van der Waals surface area contributed by atoms with Crippen molar-refractivity contribution in [3.8, 4) is 0 Å². The van der Waals surface area contributed by atoms with Gasteiger partial charge in [-0.1, -0.05) is 15.9 Å². The van der Waals surface area contributed by atoms with E-state index in [1.807, 2.05) is 6.07 Å².